The topological polar surface area (TPSA) is 63.5 Å². The molecule has 0 aliphatic rings. The van der Waals surface area contributed by atoms with Crippen molar-refractivity contribution in [3.63, 3.8) is 0 Å². The molecule has 0 radical (unpaired) electrons. The van der Waals surface area contributed by atoms with Crippen LogP contribution in [0.25, 0.3) is 0 Å². The quantitative estimate of drug-likeness (QED) is 0.519. The number of rotatable bonds is 8. The van der Waals surface area contributed by atoms with Gasteiger partial charge in [0.25, 0.3) is 0 Å². The summed E-state index contributed by atoms with van der Waals surface area (Å²) in [5.74, 6) is 1.58. The summed E-state index contributed by atoms with van der Waals surface area (Å²) in [6.07, 6.45) is 0.849. The fourth-order valence-electron chi connectivity index (χ4n) is 3.03. The number of hydrogen-bond donors (Lipinski definition) is 2. The highest BCUT2D eigenvalue weighted by Crippen LogP contribution is 2.17. The van der Waals surface area contributed by atoms with Gasteiger partial charge in [-0.25, -0.2) is 4.99 Å². The van der Waals surface area contributed by atoms with E-state index < -0.39 is 0 Å². The highest BCUT2D eigenvalue weighted by atomic mass is 35.5. The first kappa shape index (κ1) is 22.1. The van der Waals surface area contributed by atoms with Gasteiger partial charge in [0.15, 0.2) is 5.96 Å². The number of aryl methyl sites for hydroxylation is 2. The number of hydrogen-bond acceptors (Lipinski definition) is 3. The SMILES string of the molecule is CCNC(=NCC(C)Oc1ccc(Cl)cc1)NC(C)Cc1c(C)nn(C)c1C. The molecule has 2 unspecified atom stereocenters. The van der Waals surface area contributed by atoms with Crippen LogP contribution < -0.4 is 15.4 Å². The molecule has 2 N–H and O–H groups in total. The third-order valence-electron chi connectivity index (χ3n) is 4.55. The summed E-state index contributed by atoms with van der Waals surface area (Å²) < 4.78 is 7.84. The van der Waals surface area contributed by atoms with Crippen LogP contribution in [0.15, 0.2) is 29.3 Å². The zero-order valence-electron chi connectivity index (χ0n) is 17.7. The van der Waals surface area contributed by atoms with Crippen LogP contribution in [0.2, 0.25) is 5.02 Å². The maximum absolute atomic E-state index is 5.91. The molecule has 0 saturated carbocycles. The summed E-state index contributed by atoms with van der Waals surface area (Å²) in [4.78, 5) is 4.68. The van der Waals surface area contributed by atoms with Crippen LogP contribution in [-0.4, -0.2) is 41.0 Å². The number of nitrogens with one attached hydrogen (secondary N) is 2. The number of ether oxygens (including phenoxy) is 1. The molecule has 0 aliphatic heterocycles. The summed E-state index contributed by atoms with van der Waals surface area (Å²) in [5.41, 5.74) is 3.58. The second-order valence-electron chi connectivity index (χ2n) is 7.12. The average molecular weight is 406 g/mol. The molecule has 2 aromatic rings. The van der Waals surface area contributed by atoms with Crippen LogP contribution in [0.1, 0.15) is 37.7 Å². The molecule has 0 saturated heterocycles. The standard InChI is InChI=1S/C21H32ClN5O/c1-7-23-21(24-13-15(3)28-19-10-8-18(22)9-11-19)25-14(2)12-20-16(4)26-27(6)17(20)5/h8-11,14-15H,7,12-13H2,1-6H3,(H2,23,24,25). The molecule has 2 rings (SSSR count). The molecule has 1 heterocycles. The summed E-state index contributed by atoms with van der Waals surface area (Å²) >= 11 is 5.91. The molecular formula is C21H32ClN5O. The first-order chi connectivity index (χ1) is 13.3. The number of aliphatic imine (C=N–C) groups is 1. The van der Waals surface area contributed by atoms with Crippen molar-refractivity contribution >= 4 is 17.6 Å². The lowest BCUT2D eigenvalue weighted by molar-refractivity contribution is 0.230. The van der Waals surface area contributed by atoms with Gasteiger partial charge in [-0.15, -0.1) is 0 Å². The summed E-state index contributed by atoms with van der Waals surface area (Å²) in [6.45, 7) is 11.7. The number of aromatic nitrogens is 2. The minimum Gasteiger partial charge on any atom is -0.489 e. The molecule has 154 valence electrons. The zero-order chi connectivity index (χ0) is 20.7. The summed E-state index contributed by atoms with van der Waals surface area (Å²) in [7, 11) is 1.98. The second kappa shape index (κ2) is 10.4. The van der Waals surface area contributed by atoms with Gasteiger partial charge in [-0.2, -0.15) is 5.10 Å². The van der Waals surface area contributed by atoms with E-state index in [1.165, 1.54) is 11.3 Å². The van der Waals surface area contributed by atoms with Gasteiger partial charge in [0.05, 0.1) is 12.2 Å². The Labute approximate surface area is 173 Å². The maximum Gasteiger partial charge on any atom is 0.191 e. The van der Waals surface area contributed by atoms with E-state index in [1.807, 2.05) is 42.9 Å². The smallest absolute Gasteiger partial charge is 0.191 e. The van der Waals surface area contributed by atoms with Gasteiger partial charge in [0, 0.05) is 30.4 Å². The van der Waals surface area contributed by atoms with E-state index in [0.717, 1.165) is 30.4 Å². The highest BCUT2D eigenvalue weighted by Gasteiger charge is 2.14. The van der Waals surface area contributed by atoms with Gasteiger partial charge < -0.3 is 15.4 Å². The van der Waals surface area contributed by atoms with Crippen molar-refractivity contribution in [1.82, 2.24) is 20.4 Å². The van der Waals surface area contributed by atoms with Gasteiger partial charge in [0.2, 0.25) is 0 Å². The Morgan fingerprint density at radius 1 is 1.25 bits per heavy atom. The largest absolute Gasteiger partial charge is 0.489 e. The van der Waals surface area contributed by atoms with Crippen LogP contribution in [0.4, 0.5) is 0 Å². The van der Waals surface area contributed by atoms with Crippen molar-refractivity contribution in [3.05, 3.63) is 46.2 Å². The number of nitrogens with zero attached hydrogens (tertiary/aromatic N) is 3. The van der Waals surface area contributed by atoms with Gasteiger partial charge >= 0.3 is 0 Å². The first-order valence-electron chi connectivity index (χ1n) is 9.76. The van der Waals surface area contributed by atoms with Crippen molar-refractivity contribution < 1.29 is 4.74 Å². The molecule has 6 nitrogen and oxygen atoms in total. The van der Waals surface area contributed by atoms with E-state index in [9.17, 15) is 0 Å². The van der Waals surface area contributed by atoms with E-state index in [-0.39, 0.29) is 12.1 Å². The molecule has 7 heteroatoms. The molecule has 0 fully saturated rings. The number of benzene rings is 1. The molecule has 1 aromatic carbocycles. The van der Waals surface area contributed by atoms with Gasteiger partial charge in [-0.3, -0.25) is 4.68 Å². The normalized spacial score (nSPS) is 13.9. The molecule has 0 spiro atoms. The summed E-state index contributed by atoms with van der Waals surface area (Å²) in [5, 5.41) is 12.0. The highest BCUT2D eigenvalue weighted by molar-refractivity contribution is 6.30. The van der Waals surface area contributed by atoms with Crippen LogP contribution in [0.5, 0.6) is 5.75 Å². The van der Waals surface area contributed by atoms with Crippen LogP contribution in [0.3, 0.4) is 0 Å². The fraction of sp³-hybridized carbons (Fsp3) is 0.524. The Hall–Kier alpha value is -2.21. The van der Waals surface area contributed by atoms with Crippen molar-refractivity contribution in [2.45, 2.75) is 53.2 Å². The van der Waals surface area contributed by atoms with E-state index >= 15 is 0 Å². The lowest BCUT2D eigenvalue weighted by Crippen LogP contribution is -2.43. The van der Waals surface area contributed by atoms with Crippen LogP contribution in [-0.2, 0) is 13.5 Å². The minimum atomic E-state index is -0.0465. The average Bonchev–Trinajstić information content (AvgIpc) is 2.88. The molecule has 2 atom stereocenters. The van der Waals surface area contributed by atoms with Crippen LogP contribution >= 0.6 is 11.6 Å². The molecule has 1 aromatic heterocycles. The predicted octanol–water partition coefficient (Wildman–Crippen LogP) is 3.64. The van der Waals surface area contributed by atoms with Gasteiger partial charge in [-0.05, 0) is 70.9 Å². The Morgan fingerprint density at radius 3 is 2.50 bits per heavy atom. The molecule has 0 amide bonds. The Kier molecular flexibility index (Phi) is 8.18. The maximum atomic E-state index is 5.91. The van der Waals surface area contributed by atoms with Gasteiger partial charge in [-0.1, -0.05) is 11.6 Å². The zero-order valence-corrected chi connectivity index (χ0v) is 18.5. The Bertz CT molecular complexity index is 785. The van der Waals surface area contributed by atoms with E-state index in [2.05, 4.69) is 48.4 Å². The molecule has 0 bridgehead atoms. The number of halogens is 1. The lowest BCUT2D eigenvalue weighted by Gasteiger charge is -2.19. The lowest BCUT2D eigenvalue weighted by atomic mass is 10.1. The molecule has 0 aliphatic carbocycles. The first-order valence-corrected chi connectivity index (χ1v) is 10.1. The van der Waals surface area contributed by atoms with E-state index in [4.69, 9.17) is 16.3 Å². The van der Waals surface area contributed by atoms with Crippen molar-refractivity contribution in [1.29, 1.82) is 0 Å². The third-order valence-corrected chi connectivity index (χ3v) is 4.81. The Morgan fingerprint density at radius 2 is 1.93 bits per heavy atom. The monoisotopic (exact) mass is 405 g/mol. The molecular weight excluding hydrogens is 374 g/mol. The third kappa shape index (κ3) is 6.44. The minimum absolute atomic E-state index is 0.0465. The van der Waals surface area contributed by atoms with Crippen molar-refractivity contribution in [3.8, 4) is 5.75 Å². The van der Waals surface area contributed by atoms with E-state index in [1.54, 1.807) is 0 Å². The van der Waals surface area contributed by atoms with Gasteiger partial charge in [0.1, 0.15) is 11.9 Å². The Balaban J connectivity index is 1.94. The van der Waals surface area contributed by atoms with E-state index in [0.29, 0.717) is 11.6 Å². The van der Waals surface area contributed by atoms with Crippen LogP contribution in [0, 0.1) is 13.8 Å². The summed E-state index contributed by atoms with van der Waals surface area (Å²) in [6, 6.07) is 7.61. The second-order valence-corrected chi connectivity index (χ2v) is 7.56. The fourth-order valence-corrected chi connectivity index (χ4v) is 3.15. The van der Waals surface area contributed by atoms with Crippen molar-refractivity contribution in [2.75, 3.05) is 13.1 Å². The molecule has 28 heavy (non-hydrogen) atoms. The van der Waals surface area contributed by atoms with Crippen molar-refractivity contribution in [2.24, 2.45) is 12.0 Å². The predicted molar refractivity (Wildman–Crippen MR) is 117 cm³/mol. The number of guanidine groups is 1.